The summed E-state index contributed by atoms with van der Waals surface area (Å²) >= 11 is 0. The Balaban J connectivity index is 2.26. The van der Waals surface area contributed by atoms with E-state index in [9.17, 15) is 4.79 Å². The fourth-order valence-corrected chi connectivity index (χ4v) is 1.37. The van der Waals surface area contributed by atoms with Crippen LogP contribution in [0.4, 0.5) is 5.69 Å². The largest absolute Gasteiger partial charge is 0.400 e. The molecule has 2 N–H and O–H groups in total. The van der Waals surface area contributed by atoms with Gasteiger partial charge in [-0.15, -0.1) is 0 Å². The van der Waals surface area contributed by atoms with Crippen molar-refractivity contribution in [1.29, 1.82) is 0 Å². The first-order chi connectivity index (χ1) is 6.27. The first-order valence-electron chi connectivity index (χ1n) is 4.10. The van der Waals surface area contributed by atoms with Crippen LogP contribution in [0.2, 0.25) is 0 Å². The van der Waals surface area contributed by atoms with E-state index in [1.54, 1.807) is 4.90 Å². The number of anilines is 1. The minimum Gasteiger partial charge on any atom is -0.400 e. The summed E-state index contributed by atoms with van der Waals surface area (Å²) < 4.78 is 0. The van der Waals surface area contributed by atoms with E-state index in [0.29, 0.717) is 12.2 Å². The Labute approximate surface area is 76.5 Å². The Morgan fingerprint density at radius 2 is 1.92 bits per heavy atom. The van der Waals surface area contributed by atoms with Crippen molar-refractivity contribution in [3.05, 3.63) is 42.1 Å². The lowest BCUT2D eigenvalue weighted by Crippen LogP contribution is -2.25. The molecule has 66 valence electrons. The van der Waals surface area contributed by atoms with E-state index in [1.807, 2.05) is 30.3 Å². The first-order valence-corrected chi connectivity index (χ1v) is 4.10. The predicted molar refractivity (Wildman–Crippen MR) is 51.1 cm³/mol. The van der Waals surface area contributed by atoms with Gasteiger partial charge in [0.25, 0.3) is 5.91 Å². The average Bonchev–Trinajstić information content (AvgIpc) is 2.47. The maximum absolute atomic E-state index is 11.4. The van der Waals surface area contributed by atoms with Crippen LogP contribution >= 0.6 is 0 Å². The van der Waals surface area contributed by atoms with Gasteiger partial charge in [0.1, 0.15) is 0 Å². The summed E-state index contributed by atoms with van der Waals surface area (Å²) in [7, 11) is 0. The molecule has 1 heterocycles. The summed E-state index contributed by atoms with van der Waals surface area (Å²) in [5, 5.41) is 0. The van der Waals surface area contributed by atoms with E-state index < -0.39 is 0 Å². The van der Waals surface area contributed by atoms with E-state index in [2.05, 4.69) is 0 Å². The summed E-state index contributed by atoms with van der Waals surface area (Å²) in [5.41, 5.74) is 7.06. The Kier molecular flexibility index (Phi) is 1.77. The Morgan fingerprint density at radius 1 is 1.23 bits per heavy atom. The van der Waals surface area contributed by atoms with Crippen molar-refractivity contribution in [1.82, 2.24) is 0 Å². The van der Waals surface area contributed by atoms with Gasteiger partial charge in [0.2, 0.25) is 0 Å². The van der Waals surface area contributed by atoms with Gasteiger partial charge in [-0.25, -0.2) is 0 Å². The minimum absolute atomic E-state index is 0.0382. The highest BCUT2D eigenvalue weighted by Crippen LogP contribution is 2.18. The van der Waals surface area contributed by atoms with Crippen LogP contribution in [-0.4, -0.2) is 12.5 Å². The number of rotatable bonds is 1. The number of carbonyl (C=O) groups is 1. The van der Waals surface area contributed by atoms with Gasteiger partial charge in [-0.2, -0.15) is 0 Å². The van der Waals surface area contributed by atoms with Crippen LogP contribution in [0.3, 0.4) is 0 Å². The molecule has 0 fully saturated rings. The van der Waals surface area contributed by atoms with Gasteiger partial charge >= 0.3 is 0 Å². The number of nitrogens with zero attached hydrogens (tertiary/aromatic N) is 1. The van der Waals surface area contributed by atoms with E-state index in [0.717, 1.165) is 5.69 Å². The number of amides is 1. The molecule has 0 unspecified atom stereocenters. The molecule has 1 amide bonds. The third-order valence-corrected chi connectivity index (χ3v) is 1.98. The molecule has 1 aliphatic rings. The zero-order valence-electron chi connectivity index (χ0n) is 7.10. The van der Waals surface area contributed by atoms with Gasteiger partial charge in [0, 0.05) is 17.5 Å². The molecule has 0 radical (unpaired) electrons. The van der Waals surface area contributed by atoms with Gasteiger partial charge in [0.05, 0.1) is 6.54 Å². The summed E-state index contributed by atoms with van der Waals surface area (Å²) in [5.74, 6) is -0.0382. The normalized spacial score (nSPS) is 16.2. The predicted octanol–water partition coefficient (Wildman–Crippen LogP) is 0.876. The van der Waals surface area contributed by atoms with Crippen LogP contribution < -0.4 is 10.6 Å². The first kappa shape index (κ1) is 7.86. The molecule has 1 aromatic carbocycles. The van der Waals surface area contributed by atoms with E-state index in [1.165, 1.54) is 6.08 Å². The molecule has 0 spiro atoms. The quantitative estimate of drug-likeness (QED) is 0.686. The van der Waals surface area contributed by atoms with E-state index in [4.69, 9.17) is 5.73 Å². The van der Waals surface area contributed by atoms with Crippen molar-refractivity contribution in [3.8, 4) is 0 Å². The molecule has 2 rings (SSSR count). The highest BCUT2D eigenvalue weighted by molar-refractivity contribution is 6.04. The molecule has 0 bridgehead atoms. The molecule has 13 heavy (non-hydrogen) atoms. The standard InChI is InChI=1S/C10H10N2O/c11-8-6-10(13)12(7-8)9-4-2-1-3-5-9/h1-6H,7,11H2. The summed E-state index contributed by atoms with van der Waals surface area (Å²) in [6.45, 7) is 0.503. The zero-order valence-corrected chi connectivity index (χ0v) is 7.10. The molecule has 1 aliphatic heterocycles. The van der Waals surface area contributed by atoms with Crippen molar-refractivity contribution in [2.75, 3.05) is 11.4 Å². The molecule has 0 saturated heterocycles. The van der Waals surface area contributed by atoms with Crippen LogP contribution in [0.5, 0.6) is 0 Å². The molecule has 3 nitrogen and oxygen atoms in total. The highest BCUT2D eigenvalue weighted by Gasteiger charge is 2.20. The van der Waals surface area contributed by atoms with Crippen molar-refractivity contribution < 1.29 is 4.79 Å². The number of nitrogens with two attached hydrogens (primary N) is 1. The molecule has 0 aliphatic carbocycles. The van der Waals surface area contributed by atoms with Crippen molar-refractivity contribution in [2.24, 2.45) is 5.73 Å². The smallest absolute Gasteiger partial charge is 0.253 e. The third kappa shape index (κ3) is 1.40. The van der Waals surface area contributed by atoms with Crippen molar-refractivity contribution in [2.45, 2.75) is 0 Å². The molecular formula is C10H10N2O. The second-order valence-electron chi connectivity index (χ2n) is 2.98. The SMILES string of the molecule is NC1=CC(=O)N(c2ccccc2)C1. The summed E-state index contributed by atoms with van der Waals surface area (Å²) in [6, 6.07) is 9.50. The third-order valence-electron chi connectivity index (χ3n) is 1.98. The monoisotopic (exact) mass is 174 g/mol. The summed E-state index contributed by atoms with van der Waals surface area (Å²) in [4.78, 5) is 13.0. The molecule has 0 saturated carbocycles. The van der Waals surface area contributed by atoms with E-state index >= 15 is 0 Å². The molecular weight excluding hydrogens is 164 g/mol. The van der Waals surface area contributed by atoms with Crippen LogP contribution in [0, 0.1) is 0 Å². The number of carbonyl (C=O) groups excluding carboxylic acids is 1. The van der Waals surface area contributed by atoms with E-state index in [-0.39, 0.29) is 5.91 Å². The fourth-order valence-electron chi connectivity index (χ4n) is 1.37. The second kappa shape index (κ2) is 2.94. The average molecular weight is 174 g/mol. The second-order valence-corrected chi connectivity index (χ2v) is 2.98. The fraction of sp³-hybridized carbons (Fsp3) is 0.100. The van der Waals surface area contributed by atoms with Crippen molar-refractivity contribution in [3.63, 3.8) is 0 Å². The van der Waals surface area contributed by atoms with Gasteiger partial charge in [-0.1, -0.05) is 18.2 Å². The lowest BCUT2D eigenvalue weighted by molar-refractivity contribution is -0.113. The topological polar surface area (TPSA) is 46.3 Å². The summed E-state index contributed by atoms with van der Waals surface area (Å²) in [6.07, 6.45) is 1.47. The maximum Gasteiger partial charge on any atom is 0.253 e. The number of para-hydroxylation sites is 1. The Hall–Kier alpha value is -1.77. The molecule has 0 atom stereocenters. The molecule has 0 aromatic heterocycles. The van der Waals surface area contributed by atoms with Crippen LogP contribution in [0.25, 0.3) is 0 Å². The van der Waals surface area contributed by atoms with Crippen molar-refractivity contribution >= 4 is 11.6 Å². The number of benzene rings is 1. The minimum atomic E-state index is -0.0382. The zero-order chi connectivity index (χ0) is 9.26. The van der Waals surface area contributed by atoms with Crippen LogP contribution in [0.1, 0.15) is 0 Å². The van der Waals surface area contributed by atoms with Gasteiger partial charge in [-0.3, -0.25) is 4.79 Å². The van der Waals surface area contributed by atoms with Gasteiger partial charge in [-0.05, 0) is 12.1 Å². The lowest BCUT2D eigenvalue weighted by atomic mass is 10.3. The lowest BCUT2D eigenvalue weighted by Gasteiger charge is -2.15. The molecule has 3 heteroatoms. The number of hydrogen-bond donors (Lipinski definition) is 1. The van der Waals surface area contributed by atoms with Crippen LogP contribution in [0.15, 0.2) is 42.1 Å². The maximum atomic E-state index is 11.4. The Morgan fingerprint density at radius 3 is 2.46 bits per heavy atom. The Bertz CT molecular complexity index is 356. The molecule has 1 aromatic rings. The van der Waals surface area contributed by atoms with Crippen LogP contribution in [-0.2, 0) is 4.79 Å². The highest BCUT2D eigenvalue weighted by atomic mass is 16.2. The van der Waals surface area contributed by atoms with Gasteiger partial charge in [0.15, 0.2) is 0 Å². The number of hydrogen-bond acceptors (Lipinski definition) is 2. The van der Waals surface area contributed by atoms with Gasteiger partial charge < -0.3 is 10.6 Å².